The molecule has 4 rings (SSSR count). The van der Waals surface area contributed by atoms with Gasteiger partial charge in [0.25, 0.3) is 0 Å². The van der Waals surface area contributed by atoms with Crippen LogP contribution in [-0.4, -0.2) is 23.9 Å². The molecule has 2 aromatic carbocycles. The number of carbonyl (C=O) groups is 2. The zero-order valence-electron chi connectivity index (χ0n) is 15.9. The molecule has 1 aromatic heterocycles. The molecule has 0 saturated carbocycles. The molecule has 29 heavy (non-hydrogen) atoms. The van der Waals surface area contributed by atoms with Gasteiger partial charge in [0.1, 0.15) is 5.75 Å². The first-order valence-electron chi connectivity index (χ1n) is 9.39. The highest BCUT2D eigenvalue weighted by molar-refractivity contribution is 7.13. The SMILES string of the molecule is COc1ccc(N2C(=O)CC[C@@H](C(=O)Nc3nccs3)[C@H]2c2ccccc2)cc1. The Morgan fingerprint density at radius 2 is 1.93 bits per heavy atom. The number of nitrogens with one attached hydrogen (secondary N) is 1. The molecule has 1 fully saturated rings. The normalized spacial score (nSPS) is 19.1. The molecule has 148 valence electrons. The quantitative estimate of drug-likeness (QED) is 0.685. The van der Waals surface area contributed by atoms with Crippen molar-refractivity contribution >= 4 is 34.0 Å². The van der Waals surface area contributed by atoms with E-state index in [4.69, 9.17) is 4.74 Å². The van der Waals surface area contributed by atoms with Crippen LogP contribution in [0.15, 0.2) is 66.2 Å². The van der Waals surface area contributed by atoms with Crippen LogP contribution in [0.2, 0.25) is 0 Å². The topological polar surface area (TPSA) is 71.5 Å². The minimum absolute atomic E-state index is 0.00215. The Bertz CT molecular complexity index is 974. The number of thiazole rings is 1. The van der Waals surface area contributed by atoms with Crippen LogP contribution in [0.4, 0.5) is 10.8 Å². The van der Waals surface area contributed by atoms with Crippen molar-refractivity contribution in [3.05, 3.63) is 71.7 Å². The highest BCUT2D eigenvalue weighted by Crippen LogP contribution is 2.40. The smallest absolute Gasteiger partial charge is 0.231 e. The molecule has 1 saturated heterocycles. The average molecular weight is 407 g/mol. The number of ether oxygens (including phenoxy) is 1. The van der Waals surface area contributed by atoms with Crippen LogP contribution in [-0.2, 0) is 9.59 Å². The molecule has 0 bridgehead atoms. The molecule has 0 spiro atoms. The number of aromatic nitrogens is 1. The molecule has 0 unspecified atom stereocenters. The summed E-state index contributed by atoms with van der Waals surface area (Å²) in [5, 5.41) is 5.29. The number of hydrogen-bond acceptors (Lipinski definition) is 5. The van der Waals surface area contributed by atoms with Crippen molar-refractivity contribution in [3.63, 3.8) is 0 Å². The van der Waals surface area contributed by atoms with E-state index in [0.717, 1.165) is 11.3 Å². The molecule has 2 atom stereocenters. The Morgan fingerprint density at radius 3 is 2.59 bits per heavy atom. The Labute approximate surface area is 173 Å². The molecule has 0 radical (unpaired) electrons. The number of piperidine rings is 1. The van der Waals surface area contributed by atoms with E-state index >= 15 is 0 Å². The maximum atomic E-state index is 13.1. The van der Waals surface area contributed by atoms with E-state index in [2.05, 4.69) is 10.3 Å². The summed E-state index contributed by atoms with van der Waals surface area (Å²) < 4.78 is 5.24. The second-order valence-corrected chi connectivity index (χ2v) is 7.68. The Balaban J connectivity index is 1.72. The van der Waals surface area contributed by atoms with E-state index in [0.29, 0.717) is 23.7 Å². The fraction of sp³-hybridized carbons (Fsp3) is 0.227. The zero-order valence-corrected chi connectivity index (χ0v) is 16.8. The fourth-order valence-corrected chi connectivity index (χ4v) is 4.26. The summed E-state index contributed by atoms with van der Waals surface area (Å²) in [4.78, 5) is 32.0. The van der Waals surface area contributed by atoms with E-state index in [9.17, 15) is 9.59 Å². The van der Waals surface area contributed by atoms with Gasteiger partial charge in [-0.2, -0.15) is 0 Å². The number of benzene rings is 2. The van der Waals surface area contributed by atoms with Crippen molar-refractivity contribution in [1.29, 1.82) is 0 Å². The lowest BCUT2D eigenvalue weighted by molar-refractivity contribution is -0.125. The lowest BCUT2D eigenvalue weighted by atomic mass is 9.83. The molecule has 7 heteroatoms. The van der Waals surface area contributed by atoms with Crippen LogP contribution in [0.1, 0.15) is 24.4 Å². The number of carbonyl (C=O) groups excluding carboxylic acids is 2. The second-order valence-electron chi connectivity index (χ2n) is 6.79. The average Bonchev–Trinajstić information content (AvgIpc) is 3.27. The van der Waals surface area contributed by atoms with Crippen LogP contribution < -0.4 is 15.0 Å². The molecule has 1 aliphatic rings. The van der Waals surface area contributed by atoms with Crippen LogP contribution in [0.25, 0.3) is 0 Å². The molecule has 1 N–H and O–H groups in total. The molecule has 2 heterocycles. The summed E-state index contributed by atoms with van der Waals surface area (Å²) in [7, 11) is 1.60. The summed E-state index contributed by atoms with van der Waals surface area (Å²) in [6.45, 7) is 0. The van der Waals surface area contributed by atoms with E-state index in [1.54, 1.807) is 18.2 Å². The van der Waals surface area contributed by atoms with E-state index in [1.165, 1.54) is 11.3 Å². The molecule has 3 aromatic rings. The summed E-state index contributed by atoms with van der Waals surface area (Å²) in [5.74, 6) is 0.204. The lowest BCUT2D eigenvalue weighted by Gasteiger charge is -2.40. The maximum Gasteiger partial charge on any atom is 0.231 e. The van der Waals surface area contributed by atoms with E-state index in [1.807, 2.05) is 60.0 Å². The van der Waals surface area contributed by atoms with Crippen molar-refractivity contribution in [3.8, 4) is 5.75 Å². The van der Waals surface area contributed by atoms with Gasteiger partial charge in [-0.1, -0.05) is 30.3 Å². The van der Waals surface area contributed by atoms with Gasteiger partial charge < -0.3 is 15.0 Å². The van der Waals surface area contributed by atoms with E-state index in [-0.39, 0.29) is 17.7 Å². The maximum absolute atomic E-state index is 13.1. The van der Waals surface area contributed by atoms with Gasteiger partial charge in [0.15, 0.2) is 5.13 Å². The first-order chi connectivity index (χ1) is 14.2. The highest BCUT2D eigenvalue weighted by atomic mass is 32.1. The van der Waals surface area contributed by atoms with Crippen LogP contribution >= 0.6 is 11.3 Å². The summed E-state index contributed by atoms with van der Waals surface area (Å²) in [5.41, 5.74) is 1.67. The minimum Gasteiger partial charge on any atom is -0.497 e. The highest BCUT2D eigenvalue weighted by Gasteiger charge is 2.41. The lowest BCUT2D eigenvalue weighted by Crippen LogP contribution is -2.46. The third kappa shape index (κ3) is 4.00. The summed E-state index contributed by atoms with van der Waals surface area (Å²) >= 11 is 1.38. The number of nitrogens with zero attached hydrogens (tertiary/aromatic N) is 2. The van der Waals surface area contributed by atoms with Gasteiger partial charge in [0.2, 0.25) is 11.8 Å². The largest absolute Gasteiger partial charge is 0.497 e. The van der Waals surface area contributed by atoms with Gasteiger partial charge in [-0.05, 0) is 36.2 Å². The van der Waals surface area contributed by atoms with Gasteiger partial charge in [0.05, 0.1) is 19.1 Å². The van der Waals surface area contributed by atoms with Gasteiger partial charge in [-0.15, -0.1) is 11.3 Å². The van der Waals surface area contributed by atoms with Crippen molar-refractivity contribution in [1.82, 2.24) is 4.98 Å². The van der Waals surface area contributed by atoms with Gasteiger partial charge >= 0.3 is 0 Å². The summed E-state index contributed by atoms with van der Waals surface area (Å²) in [6.07, 6.45) is 2.45. The second kappa shape index (κ2) is 8.45. The molecule has 0 aliphatic carbocycles. The number of amides is 2. The predicted molar refractivity (Wildman–Crippen MR) is 113 cm³/mol. The van der Waals surface area contributed by atoms with Crippen molar-refractivity contribution in [2.24, 2.45) is 5.92 Å². The van der Waals surface area contributed by atoms with Crippen LogP contribution in [0.5, 0.6) is 5.75 Å². The minimum atomic E-state index is -0.397. The monoisotopic (exact) mass is 407 g/mol. The molecule has 2 amide bonds. The van der Waals surface area contributed by atoms with Gasteiger partial charge in [-0.25, -0.2) is 4.98 Å². The number of hydrogen-bond donors (Lipinski definition) is 1. The molecular formula is C22H21N3O3S. The van der Waals surface area contributed by atoms with Gasteiger partial charge in [0, 0.05) is 23.7 Å². The van der Waals surface area contributed by atoms with E-state index < -0.39 is 6.04 Å². The molecule has 1 aliphatic heterocycles. The number of methoxy groups -OCH3 is 1. The van der Waals surface area contributed by atoms with Crippen LogP contribution in [0.3, 0.4) is 0 Å². The van der Waals surface area contributed by atoms with Crippen molar-refractivity contribution < 1.29 is 14.3 Å². The predicted octanol–water partition coefficient (Wildman–Crippen LogP) is 4.27. The zero-order chi connectivity index (χ0) is 20.2. The standard InChI is InChI=1S/C22H21N3O3S/c1-28-17-9-7-16(8-10-17)25-19(26)12-11-18(20(25)15-5-3-2-4-6-15)21(27)24-22-23-13-14-29-22/h2-10,13-14,18,20H,11-12H2,1H3,(H,23,24,27)/t18-,20-/m1/s1. The van der Waals surface area contributed by atoms with Crippen molar-refractivity contribution in [2.45, 2.75) is 18.9 Å². The Hall–Kier alpha value is -3.19. The van der Waals surface area contributed by atoms with Crippen LogP contribution in [0, 0.1) is 5.92 Å². The Kier molecular flexibility index (Phi) is 5.57. The third-order valence-electron chi connectivity index (χ3n) is 5.09. The first kappa shape index (κ1) is 19.1. The number of anilines is 2. The Morgan fingerprint density at radius 1 is 1.17 bits per heavy atom. The molecular weight excluding hydrogens is 386 g/mol. The molecule has 6 nitrogen and oxygen atoms in total. The van der Waals surface area contributed by atoms with Crippen molar-refractivity contribution in [2.75, 3.05) is 17.3 Å². The third-order valence-corrected chi connectivity index (χ3v) is 5.78. The summed E-state index contributed by atoms with van der Waals surface area (Å²) in [6, 6.07) is 16.7. The number of rotatable bonds is 5. The fourth-order valence-electron chi connectivity index (χ4n) is 3.73. The van der Waals surface area contributed by atoms with Gasteiger partial charge in [-0.3, -0.25) is 9.59 Å². The first-order valence-corrected chi connectivity index (χ1v) is 10.3.